The van der Waals surface area contributed by atoms with Crippen LogP contribution in [-0.4, -0.2) is 46.3 Å². The van der Waals surface area contributed by atoms with E-state index in [0.717, 1.165) is 24.3 Å². The van der Waals surface area contributed by atoms with Gasteiger partial charge < -0.3 is 5.32 Å². The van der Waals surface area contributed by atoms with Crippen molar-refractivity contribution in [2.45, 2.75) is 25.8 Å². The fourth-order valence-corrected chi connectivity index (χ4v) is 3.11. The number of rotatable bonds is 5. The fourth-order valence-electron chi connectivity index (χ4n) is 3.11. The maximum absolute atomic E-state index is 13.0. The van der Waals surface area contributed by atoms with Gasteiger partial charge >= 0.3 is 0 Å². The number of nitrogens with zero attached hydrogens (tertiary/aromatic N) is 3. The fraction of sp³-hybridized carbons (Fsp3) is 0.444. The van der Waals surface area contributed by atoms with Crippen molar-refractivity contribution in [2.24, 2.45) is 7.05 Å². The van der Waals surface area contributed by atoms with Crippen LogP contribution in [0.1, 0.15) is 30.3 Å². The molecule has 6 heteroatoms. The van der Waals surface area contributed by atoms with Crippen LogP contribution >= 0.6 is 0 Å². The number of benzene rings is 1. The number of carbonyl (C=O) groups excluding carboxylic acids is 1. The van der Waals surface area contributed by atoms with E-state index in [1.54, 1.807) is 29.9 Å². The van der Waals surface area contributed by atoms with Crippen LogP contribution in [0.25, 0.3) is 11.3 Å². The zero-order chi connectivity index (χ0) is 17.1. The van der Waals surface area contributed by atoms with Crippen molar-refractivity contribution in [3.05, 3.63) is 41.8 Å². The molecule has 5 nitrogen and oxygen atoms in total. The van der Waals surface area contributed by atoms with E-state index in [1.165, 1.54) is 25.0 Å². The lowest BCUT2D eigenvalue weighted by atomic mass is 10.1. The van der Waals surface area contributed by atoms with E-state index in [1.807, 2.05) is 0 Å². The van der Waals surface area contributed by atoms with Crippen molar-refractivity contribution in [3.63, 3.8) is 0 Å². The summed E-state index contributed by atoms with van der Waals surface area (Å²) in [7, 11) is 1.78. The molecule has 1 aromatic carbocycles. The SMILES string of the molecule is CC(CNC(=O)c1cc(-c2ccc(F)cc2)n(C)n1)N1CCCC1. The summed E-state index contributed by atoms with van der Waals surface area (Å²) in [6.45, 7) is 4.96. The van der Waals surface area contributed by atoms with E-state index in [9.17, 15) is 9.18 Å². The van der Waals surface area contributed by atoms with E-state index in [-0.39, 0.29) is 11.7 Å². The summed E-state index contributed by atoms with van der Waals surface area (Å²) >= 11 is 0. The van der Waals surface area contributed by atoms with E-state index in [4.69, 9.17) is 0 Å². The van der Waals surface area contributed by atoms with Crippen LogP contribution < -0.4 is 5.32 Å². The zero-order valence-corrected chi connectivity index (χ0v) is 14.1. The van der Waals surface area contributed by atoms with Crippen LogP contribution in [0.15, 0.2) is 30.3 Å². The Kier molecular flexibility index (Phi) is 4.94. The quantitative estimate of drug-likeness (QED) is 0.916. The Hall–Kier alpha value is -2.21. The highest BCUT2D eigenvalue weighted by Crippen LogP contribution is 2.20. The highest BCUT2D eigenvalue weighted by atomic mass is 19.1. The topological polar surface area (TPSA) is 50.2 Å². The van der Waals surface area contributed by atoms with E-state index >= 15 is 0 Å². The molecule has 1 N–H and O–H groups in total. The van der Waals surface area contributed by atoms with Crippen molar-refractivity contribution in [1.29, 1.82) is 0 Å². The summed E-state index contributed by atoms with van der Waals surface area (Å²) in [5, 5.41) is 7.24. The molecule has 1 saturated heterocycles. The number of amides is 1. The Balaban J connectivity index is 1.65. The molecule has 0 saturated carbocycles. The van der Waals surface area contributed by atoms with Gasteiger partial charge in [-0.15, -0.1) is 0 Å². The molecule has 1 aromatic heterocycles. The lowest BCUT2D eigenvalue weighted by Crippen LogP contribution is -2.40. The molecule has 0 aliphatic carbocycles. The normalized spacial score (nSPS) is 16.3. The molecule has 1 atom stereocenters. The van der Waals surface area contributed by atoms with Gasteiger partial charge in [-0.1, -0.05) is 0 Å². The van der Waals surface area contributed by atoms with Crippen LogP contribution in [-0.2, 0) is 7.05 Å². The summed E-state index contributed by atoms with van der Waals surface area (Å²) < 4.78 is 14.7. The van der Waals surface area contributed by atoms with Gasteiger partial charge in [-0.25, -0.2) is 4.39 Å². The van der Waals surface area contributed by atoms with Crippen LogP contribution in [0.2, 0.25) is 0 Å². The number of hydrogen-bond acceptors (Lipinski definition) is 3. The van der Waals surface area contributed by atoms with Crippen molar-refractivity contribution in [3.8, 4) is 11.3 Å². The lowest BCUT2D eigenvalue weighted by Gasteiger charge is -2.23. The van der Waals surface area contributed by atoms with Gasteiger partial charge in [0.1, 0.15) is 5.82 Å². The van der Waals surface area contributed by atoms with Gasteiger partial charge in [0.25, 0.3) is 5.91 Å². The molecule has 24 heavy (non-hydrogen) atoms. The Morgan fingerprint density at radius 3 is 2.62 bits per heavy atom. The maximum atomic E-state index is 13.0. The second kappa shape index (κ2) is 7.13. The Morgan fingerprint density at radius 1 is 1.29 bits per heavy atom. The second-order valence-corrected chi connectivity index (χ2v) is 6.35. The van der Waals surface area contributed by atoms with Gasteiger partial charge in [0.2, 0.25) is 0 Å². The first-order valence-corrected chi connectivity index (χ1v) is 8.37. The zero-order valence-electron chi connectivity index (χ0n) is 14.1. The smallest absolute Gasteiger partial charge is 0.271 e. The minimum absolute atomic E-state index is 0.176. The first-order valence-electron chi connectivity index (χ1n) is 8.37. The number of aromatic nitrogens is 2. The van der Waals surface area contributed by atoms with Crippen molar-refractivity contribution >= 4 is 5.91 Å². The van der Waals surface area contributed by atoms with Crippen LogP contribution in [0.5, 0.6) is 0 Å². The molecule has 128 valence electrons. The molecule has 1 aliphatic rings. The van der Waals surface area contributed by atoms with Gasteiger partial charge in [0, 0.05) is 19.6 Å². The third kappa shape index (κ3) is 3.64. The van der Waals surface area contributed by atoms with Gasteiger partial charge in [-0.05, 0) is 68.8 Å². The van der Waals surface area contributed by atoms with Gasteiger partial charge in [-0.2, -0.15) is 5.10 Å². The first kappa shape index (κ1) is 16.6. The summed E-state index contributed by atoms with van der Waals surface area (Å²) in [5.74, 6) is -0.459. The highest BCUT2D eigenvalue weighted by molar-refractivity contribution is 5.93. The molecule has 0 spiro atoms. The van der Waals surface area contributed by atoms with Crippen LogP contribution in [0, 0.1) is 5.82 Å². The van der Waals surface area contributed by atoms with Crippen molar-refractivity contribution in [1.82, 2.24) is 20.0 Å². The minimum atomic E-state index is -0.283. The third-order valence-corrected chi connectivity index (χ3v) is 4.57. The average Bonchev–Trinajstić information content (AvgIpc) is 3.23. The summed E-state index contributed by atoms with van der Waals surface area (Å²) in [6.07, 6.45) is 2.47. The van der Waals surface area contributed by atoms with E-state index in [2.05, 4.69) is 22.2 Å². The van der Waals surface area contributed by atoms with Gasteiger partial charge in [0.15, 0.2) is 5.69 Å². The molecular formula is C18H23FN4O. The summed E-state index contributed by atoms with van der Waals surface area (Å²) in [4.78, 5) is 14.7. The second-order valence-electron chi connectivity index (χ2n) is 6.35. The molecule has 2 aromatic rings. The average molecular weight is 330 g/mol. The number of hydrogen-bond donors (Lipinski definition) is 1. The molecule has 1 fully saturated rings. The van der Waals surface area contributed by atoms with Crippen LogP contribution in [0.3, 0.4) is 0 Å². The molecular weight excluding hydrogens is 307 g/mol. The maximum Gasteiger partial charge on any atom is 0.271 e. The molecule has 1 aliphatic heterocycles. The lowest BCUT2D eigenvalue weighted by molar-refractivity contribution is 0.0934. The number of aryl methyl sites for hydroxylation is 1. The molecule has 0 radical (unpaired) electrons. The predicted molar refractivity (Wildman–Crippen MR) is 91.2 cm³/mol. The Labute approximate surface area is 141 Å². The number of nitrogens with one attached hydrogen (secondary N) is 1. The predicted octanol–water partition coefficient (Wildman–Crippen LogP) is 2.44. The Bertz CT molecular complexity index is 704. The van der Waals surface area contributed by atoms with E-state index < -0.39 is 0 Å². The van der Waals surface area contributed by atoms with Gasteiger partial charge in [-0.3, -0.25) is 14.4 Å². The minimum Gasteiger partial charge on any atom is -0.349 e. The summed E-state index contributed by atoms with van der Waals surface area (Å²) in [6, 6.07) is 8.24. The highest BCUT2D eigenvalue weighted by Gasteiger charge is 2.20. The van der Waals surface area contributed by atoms with Crippen molar-refractivity contribution < 1.29 is 9.18 Å². The van der Waals surface area contributed by atoms with Gasteiger partial charge in [0.05, 0.1) is 5.69 Å². The number of likely N-dealkylation sites (tertiary alicyclic amines) is 1. The molecule has 2 heterocycles. The third-order valence-electron chi connectivity index (χ3n) is 4.57. The van der Waals surface area contributed by atoms with E-state index in [0.29, 0.717) is 18.3 Å². The largest absolute Gasteiger partial charge is 0.349 e. The molecule has 1 unspecified atom stereocenters. The molecule has 1 amide bonds. The number of carbonyl (C=O) groups is 1. The summed E-state index contributed by atoms with van der Waals surface area (Å²) in [5.41, 5.74) is 1.99. The van der Waals surface area contributed by atoms with Crippen LogP contribution in [0.4, 0.5) is 4.39 Å². The standard InChI is InChI=1S/C18H23FN4O/c1-13(23-9-3-4-10-23)12-20-18(24)16-11-17(22(2)21-16)14-5-7-15(19)8-6-14/h5-8,11,13H,3-4,9-10,12H2,1-2H3,(H,20,24). The number of halogens is 1. The first-order chi connectivity index (χ1) is 11.5. The monoisotopic (exact) mass is 330 g/mol. The Morgan fingerprint density at radius 2 is 1.96 bits per heavy atom. The molecule has 3 rings (SSSR count). The van der Waals surface area contributed by atoms with Crippen molar-refractivity contribution in [2.75, 3.05) is 19.6 Å². The molecule has 0 bridgehead atoms.